The lowest BCUT2D eigenvalue weighted by atomic mass is 10.1. The first kappa shape index (κ1) is 11.2. The van der Waals surface area contributed by atoms with Gasteiger partial charge in [-0.3, -0.25) is 4.79 Å². The molecule has 0 amide bonds. The standard InChI is InChI=1S/C10H10F2OS/c1-2-14-9-5-3-4-8(6-9)10(11,12)7-13/h3-7H,2H2,1H3. The van der Waals surface area contributed by atoms with Crippen LogP contribution in [-0.2, 0) is 10.7 Å². The van der Waals surface area contributed by atoms with E-state index in [0.29, 0.717) is 0 Å². The van der Waals surface area contributed by atoms with Crippen LogP contribution < -0.4 is 0 Å². The zero-order valence-corrected chi connectivity index (χ0v) is 8.48. The SMILES string of the molecule is CCSc1cccc(C(F)(F)C=O)c1. The Morgan fingerprint density at radius 2 is 2.21 bits per heavy atom. The van der Waals surface area contributed by atoms with E-state index in [1.165, 1.54) is 30.0 Å². The summed E-state index contributed by atoms with van der Waals surface area (Å²) in [6, 6.07) is 5.89. The predicted molar refractivity (Wildman–Crippen MR) is 52.8 cm³/mol. The third-order valence-corrected chi connectivity index (χ3v) is 2.55. The summed E-state index contributed by atoms with van der Waals surface area (Å²) in [5, 5.41) is 0. The van der Waals surface area contributed by atoms with Crippen LogP contribution in [0.5, 0.6) is 0 Å². The number of alkyl halides is 2. The average molecular weight is 216 g/mol. The van der Waals surface area contributed by atoms with E-state index in [2.05, 4.69) is 0 Å². The molecule has 0 aliphatic carbocycles. The van der Waals surface area contributed by atoms with Crippen LogP contribution in [0, 0.1) is 0 Å². The Morgan fingerprint density at radius 3 is 2.79 bits per heavy atom. The fraction of sp³-hybridized carbons (Fsp3) is 0.300. The maximum Gasteiger partial charge on any atom is 0.327 e. The van der Waals surface area contributed by atoms with Gasteiger partial charge in [0.25, 0.3) is 0 Å². The van der Waals surface area contributed by atoms with Gasteiger partial charge < -0.3 is 0 Å². The van der Waals surface area contributed by atoms with Crippen molar-refractivity contribution in [2.75, 3.05) is 5.75 Å². The van der Waals surface area contributed by atoms with Gasteiger partial charge in [-0.05, 0) is 17.9 Å². The lowest BCUT2D eigenvalue weighted by Gasteiger charge is -2.09. The van der Waals surface area contributed by atoms with Gasteiger partial charge in [0.2, 0.25) is 0 Å². The fourth-order valence-corrected chi connectivity index (χ4v) is 1.75. The Bertz CT molecular complexity index is 326. The topological polar surface area (TPSA) is 17.1 Å². The van der Waals surface area contributed by atoms with E-state index >= 15 is 0 Å². The Balaban J connectivity index is 2.99. The van der Waals surface area contributed by atoms with Crippen LogP contribution in [-0.4, -0.2) is 12.0 Å². The van der Waals surface area contributed by atoms with Crippen LogP contribution >= 0.6 is 11.8 Å². The van der Waals surface area contributed by atoms with Gasteiger partial charge in [0.1, 0.15) is 0 Å². The molecule has 0 radical (unpaired) electrons. The second-order valence-electron chi connectivity index (χ2n) is 2.70. The number of benzene rings is 1. The summed E-state index contributed by atoms with van der Waals surface area (Å²) in [7, 11) is 0. The number of carbonyl (C=O) groups is 1. The van der Waals surface area contributed by atoms with Crippen LogP contribution in [0.15, 0.2) is 29.2 Å². The zero-order chi connectivity index (χ0) is 10.6. The molecule has 0 aromatic heterocycles. The summed E-state index contributed by atoms with van der Waals surface area (Å²) in [5.41, 5.74) is -0.244. The molecule has 0 bridgehead atoms. The molecule has 0 heterocycles. The second kappa shape index (κ2) is 4.55. The molecule has 1 aromatic rings. The Hall–Kier alpha value is -0.900. The van der Waals surface area contributed by atoms with E-state index in [9.17, 15) is 13.6 Å². The van der Waals surface area contributed by atoms with E-state index in [1.807, 2.05) is 6.92 Å². The van der Waals surface area contributed by atoms with Gasteiger partial charge in [-0.1, -0.05) is 19.1 Å². The molecule has 1 nitrogen and oxygen atoms in total. The Morgan fingerprint density at radius 1 is 1.50 bits per heavy atom. The van der Waals surface area contributed by atoms with Gasteiger partial charge in [-0.25, -0.2) is 0 Å². The smallest absolute Gasteiger partial charge is 0.296 e. The molecule has 0 saturated heterocycles. The van der Waals surface area contributed by atoms with Crippen molar-refractivity contribution in [2.24, 2.45) is 0 Å². The van der Waals surface area contributed by atoms with E-state index < -0.39 is 5.92 Å². The van der Waals surface area contributed by atoms with E-state index in [4.69, 9.17) is 0 Å². The molecule has 1 rings (SSSR count). The molecular weight excluding hydrogens is 206 g/mol. The number of halogens is 2. The van der Waals surface area contributed by atoms with Crippen LogP contribution in [0.1, 0.15) is 12.5 Å². The second-order valence-corrected chi connectivity index (χ2v) is 4.04. The largest absolute Gasteiger partial charge is 0.327 e. The third kappa shape index (κ3) is 2.54. The summed E-state index contributed by atoms with van der Waals surface area (Å²) in [6.45, 7) is 1.94. The van der Waals surface area contributed by atoms with Gasteiger partial charge in [0.15, 0.2) is 6.29 Å². The average Bonchev–Trinajstić information content (AvgIpc) is 2.19. The number of hydrogen-bond acceptors (Lipinski definition) is 2. The highest BCUT2D eigenvalue weighted by Gasteiger charge is 2.30. The van der Waals surface area contributed by atoms with E-state index in [0.717, 1.165) is 10.6 Å². The van der Waals surface area contributed by atoms with E-state index in [-0.39, 0.29) is 11.8 Å². The molecule has 1 aromatic carbocycles. The first-order valence-electron chi connectivity index (χ1n) is 4.17. The van der Waals surface area contributed by atoms with Gasteiger partial charge in [-0.15, -0.1) is 11.8 Å². The quantitative estimate of drug-likeness (QED) is 0.568. The first-order valence-corrected chi connectivity index (χ1v) is 5.16. The van der Waals surface area contributed by atoms with Crippen molar-refractivity contribution in [1.29, 1.82) is 0 Å². The molecule has 4 heteroatoms. The minimum atomic E-state index is -3.37. The van der Waals surface area contributed by atoms with Gasteiger partial charge in [0, 0.05) is 10.5 Å². The minimum absolute atomic E-state index is 0.244. The van der Waals surface area contributed by atoms with Crippen molar-refractivity contribution >= 4 is 18.0 Å². The lowest BCUT2D eigenvalue weighted by molar-refractivity contribution is -0.130. The molecule has 0 unspecified atom stereocenters. The molecule has 0 aliphatic heterocycles. The normalized spacial score (nSPS) is 11.4. The zero-order valence-electron chi connectivity index (χ0n) is 7.67. The number of thioether (sulfide) groups is 1. The summed E-state index contributed by atoms with van der Waals surface area (Å²) in [4.78, 5) is 10.9. The Kier molecular flexibility index (Phi) is 3.63. The summed E-state index contributed by atoms with van der Waals surface area (Å²) in [5.74, 6) is -2.56. The molecule has 0 fully saturated rings. The van der Waals surface area contributed by atoms with Crippen molar-refractivity contribution in [2.45, 2.75) is 17.7 Å². The summed E-state index contributed by atoms with van der Waals surface area (Å²) >= 11 is 1.47. The van der Waals surface area contributed by atoms with Gasteiger partial charge in [0.05, 0.1) is 0 Å². The predicted octanol–water partition coefficient (Wildman–Crippen LogP) is 3.09. The fourth-order valence-electron chi connectivity index (χ4n) is 1.03. The van der Waals surface area contributed by atoms with Gasteiger partial charge >= 0.3 is 5.92 Å². The monoisotopic (exact) mass is 216 g/mol. The van der Waals surface area contributed by atoms with Crippen molar-refractivity contribution in [3.63, 3.8) is 0 Å². The van der Waals surface area contributed by atoms with Crippen LogP contribution in [0.2, 0.25) is 0 Å². The third-order valence-electron chi connectivity index (χ3n) is 1.68. The maximum atomic E-state index is 12.9. The Labute approximate surface area is 85.5 Å². The highest BCUT2D eigenvalue weighted by atomic mass is 32.2. The minimum Gasteiger partial charge on any atom is -0.296 e. The first-order chi connectivity index (χ1) is 6.60. The number of hydrogen-bond donors (Lipinski definition) is 0. The maximum absolute atomic E-state index is 12.9. The van der Waals surface area contributed by atoms with Gasteiger partial charge in [-0.2, -0.15) is 8.78 Å². The molecule has 0 aliphatic rings. The van der Waals surface area contributed by atoms with Crippen molar-refractivity contribution in [1.82, 2.24) is 0 Å². The molecule has 0 N–H and O–H groups in total. The van der Waals surface area contributed by atoms with Crippen LogP contribution in [0.25, 0.3) is 0 Å². The van der Waals surface area contributed by atoms with Crippen LogP contribution in [0.4, 0.5) is 8.78 Å². The highest BCUT2D eigenvalue weighted by molar-refractivity contribution is 7.99. The molecular formula is C10H10F2OS. The highest BCUT2D eigenvalue weighted by Crippen LogP contribution is 2.28. The molecule has 0 saturated carbocycles. The molecule has 76 valence electrons. The van der Waals surface area contributed by atoms with Crippen molar-refractivity contribution < 1.29 is 13.6 Å². The molecule has 14 heavy (non-hydrogen) atoms. The van der Waals surface area contributed by atoms with E-state index in [1.54, 1.807) is 6.07 Å². The molecule has 0 spiro atoms. The number of rotatable bonds is 4. The van der Waals surface area contributed by atoms with Crippen molar-refractivity contribution in [3.8, 4) is 0 Å². The van der Waals surface area contributed by atoms with Crippen molar-refractivity contribution in [3.05, 3.63) is 29.8 Å². The number of aldehydes is 1. The summed E-state index contributed by atoms with van der Waals surface area (Å²) < 4.78 is 25.9. The van der Waals surface area contributed by atoms with Crippen LogP contribution in [0.3, 0.4) is 0 Å². The summed E-state index contributed by atoms with van der Waals surface area (Å²) in [6.07, 6.45) is -0.331. The molecule has 0 atom stereocenters. The lowest BCUT2D eigenvalue weighted by Crippen LogP contribution is -2.14. The number of carbonyl (C=O) groups excluding carboxylic acids is 1.